The van der Waals surface area contributed by atoms with Crippen molar-refractivity contribution in [2.45, 2.75) is 13.8 Å². The molecule has 0 saturated carbocycles. The van der Waals surface area contributed by atoms with Crippen LogP contribution in [-0.4, -0.2) is 45.3 Å². The van der Waals surface area contributed by atoms with Crippen LogP contribution in [-0.2, 0) is 27.4 Å². The molecule has 55 heavy (non-hydrogen) atoms. The number of hydrogen-bond acceptors (Lipinski definition) is 8. The molecule has 6 aromatic carbocycles. The maximum Gasteiger partial charge on any atom is 2.00 e. The number of carboxylic acid groups (broad SMARTS) is 2. The van der Waals surface area contributed by atoms with Crippen LogP contribution >= 0.6 is 0 Å². The van der Waals surface area contributed by atoms with Gasteiger partial charge in [0.15, 0.2) is 0 Å². The smallest absolute Gasteiger partial charge is 0.545 e. The number of aromatic carboxylic acids is 2. The van der Waals surface area contributed by atoms with Gasteiger partial charge in [-0.3, -0.25) is 9.97 Å². The zero-order valence-electron chi connectivity index (χ0n) is 30.5. The van der Waals surface area contributed by atoms with Gasteiger partial charge in [-0.1, -0.05) is 109 Å². The van der Waals surface area contributed by atoms with Crippen LogP contribution in [0.4, 0.5) is 0 Å². The van der Waals surface area contributed by atoms with E-state index in [0.29, 0.717) is 0 Å². The van der Waals surface area contributed by atoms with Crippen LogP contribution in [0.3, 0.4) is 0 Å². The average molecular weight is 790 g/mol. The van der Waals surface area contributed by atoms with Gasteiger partial charge in [0.05, 0.1) is 11.9 Å². The molecule has 288 valence electrons. The Balaban J connectivity index is 0.000000714. The van der Waals surface area contributed by atoms with E-state index in [4.69, 9.17) is 10.2 Å². The molecule has 0 amide bonds. The van der Waals surface area contributed by atoms with E-state index in [9.17, 15) is 19.8 Å². The van der Waals surface area contributed by atoms with E-state index in [1.807, 2.05) is 146 Å². The molecule has 0 radical (unpaired) electrons. The zero-order chi connectivity index (χ0) is 37.6. The summed E-state index contributed by atoms with van der Waals surface area (Å²) in [6.45, 7) is 3.86. The maximum absolute atomic E-state index is 11.3. The second-order valence-corrected chi connectivity index (χ2v) is 10.6. The third kappa shape index (κ3) is 15.1. The standard InChI is InChI=1S/2C15H10O2.2C5H5N.2C2H6O.Ni.2H2O/c2*16-15(17)14-12-7-3-1-5-10(12)9-11-6-2-4-8-13(11)14;2*1-2-4-6-5-3-1;2*1-2-3;;;/h2*1-9H,(H,16,17);2*1-5H;2*3H,2H2,1H3;;2*1H2/q;;;;;;+2;;. The number of hydrogen-bond donors (Lipinski definition) is 2. The molecule has 0 fully saturated rings. The van der Waals surface area contributed by atoms with Crippen molar-refractivity contribution in [2.75, 3.05) is 13.2 Å². The second kappa shape index (κ2) is 27.5. The van der Waals surface area contributed by atoms with Crippen LogP contribution in [0.1, 0.15) is 34.6 Å². The van der Waals surface area contributed by atoms with Crippen molar-refractivity contribution in [1.82, 2.24) is 9.97 Å². The molecule has 0 spiro atoms. The van der Waals surface area contributed by atoms with E-state index in [1.165, 1.54) is 0 Å². The number of carbonyl (C=O) groups is 2. The summed E-state index contributed by atoms with van der Waals surface area (Å²) in [5.74, 6) is -2.25. The number of aliphatic hydroxyl groups is 2. The van der Waals surface area contributed by atoms with Gasteiger partial charge in [-0.25, -0.2) is 0 Å². The van der Waals surface area contributed by atoms with Crippen LogP contribution in [0.2, 0.25) is 0 Å². The first-order valence-corrected chi connectivity index (χ1v) is 16.5. The third-order valence-electron chi connectivity index (χ3n) is 7.08. The molecule has 8 aromatic rings. The number of rotatable bonds is 2. The predicted octanol–water partition coefficient (Wildman–Crippen LogP) is 5.03. The van der Waals surface area contributed by atoms with Crippen molar-refractivity contribution in [3.05, 3.63) is 182 Å². The van der Waals surface area contributed by atoms with Crippen LogP contribution in [0, 0.1) is 0 Å². The van der Waals surface area contributed by atoms with Crippen molar-refractivity contribution >= 4 is 55.0 Å². The Morgan fingerprint density at radius 1 is 0.455 bits per heavy atom. The minimum Gasteiger partial charge on any atom is -0.545 e. The van der Waals surface area contributed by atoms with Crippen LogP contribution in [0.25, 0.3) is 43.1 Å². The Hall–Kier alpha value is -6.07. The van der Waals surface area contributed by atoms with Gasteiger partial charge in [0.25, 0.3) is 0 Å². The van der Waals surface area contributed by atoms with Gasteiger partial charge in [-0.05, 0) is 93.3 Å². The minimum atomic E-state index is -1.13. The topological polar surface area (TPSA) is 212 Å². The number of carboxylic acids is 2. The monoisotopic (exact) mass is 788 g/mol. The Bertz CT molecular complexity index is 1950. The fourth-order valence-electron chi connectivity index (χ4n) is 5.09. The summed E-state index contributed by atoms with van der Waals surface area (Å²) in [6, 6.07) is 45.3. The van der Waals surface area contributed by atoms with Gasteiger partial charge in [-0.2, -0.15) is 0 Å². The molecule has 0 bridgehead atoms. The molecule has 2 aromatic heterocycles. The van der Waals surface area contributed by atoms with Crippen molar-refractivity contribution in [3.8, 4) is 0 Å². The Labute approximate surface area is 329 Å². The number of fused-ring (bicyclic) bond motifs is 4. The molecule has 10 nitrogen and oxygen atoms in total. The van der Waals surface area contributed by atoms with Gasteiger partial charge in [-0.15, -0.1) is 0 Å². The van der Waals surface area contributed by atoms with Gasteiger partial charge >= 0.3 is 16.5 Å². The molecule has 0 aliphatic heterocycles. The number of pyridine rings is 2. The van der Waals surface area contributed by atoms with Gasteiger partial charge in [0, 0.05) is 49.1 Å². The van der Waals surface area contributed by atoms with E-state index in [0.717, 1.165) is 43.1 Å². The van der Waals surface area contributed by atoms with Crippen LogP contribution in [0.15, 0.2) is 170 Å². The van der Waals surface area contributed by atoms with E-state index >= 15 is 0 Å². The normalized spacial score (nSPS) is 9.09. The van der Waals surface area contributed by atoms with Crippen LogP contribution < -0.4 is 10.2 Å². The Morgan fingerprint density at radius 3 is 0.836 bits per heavy atom. The van der Waals surface area contributed by atoms with E-state index < -0.39 is 11.9 Å². The fraction of sp³-hybridized carbons (Fsp3) is 0.0909. The number of benzene rings is 6. The molecule has 0 unspecified atom stereocenters. The summed E-state index contributed by atoms with van der Waals surface area (Å²) in [4.78, 5) is 30.2. The summed E-state index contributed by atoms with van der Waals surface area (Å²) in [5, 5.41) is 44.4. The predicted molar refractivity (Wildman–Crippen MR) is 215 cm³/mol. The van der Waals surface area contributed by atoms with Crippen molar-refractivity contribution in [1.29, 1.82) is 0 Å². The number of aliphatic hydroxyl groups excluding tert-OH is 2. The first-order valence-electron chi connectivity index (χ1n) is 16.5. The first-order chi connectivity index (χ1) is 25.4. The van der Waals surface area contributed by atoms with Crippen molar-refractivity contribution in [3.63, 3.8) is 0 Å². The summed E-state index contributed by atoms with van der Waals surface area (Å²) >= 11 is 0. The largest absolute Gasteiger partial charge is 2.00 e. The molecule has 0 aliphatic carbocycles. The molecular weight excluding hydrogens is 743 g/mol. The van der Waals surface area contributed by atoms with E-state index in [-0.39, 0.29) is 51.8 Å². The number of aromatic nitrogens is 2. The van der Waals surface area contributed by atoms with E-state index in [1.54, 1.807) is 38.6 Å². The summed E-state index contributed by atoms with van der Waals surface area (Å²) < 4.78 is 0. The minimum absolute atomic E-state index is 0. The molecule has 8 rings (SSSR count). The fourth-order valence-corrected chi connectivity index (χ4v) is 5.09. The molecule has 8 N–H and O–H groups in total. The van der Waals surface area contributed by atoms with Gasteiger partial charge in [0.1, 0.15) is 0 Å². The number of carbonyl (C=O) groups excluding carboxylic acids is 2. The molecular formula is C44H46N2NiO8+2. The van der Waals surface area contributed by atoms with Gasteiger partial charge in [0.2, 0.25) is 0 Å². The summed E-state index contributed by atoms with van der Waals surface area (Å²) in [7, 11) is 0. The van der Waals surface area contributed by atoms with Crippen LogP contribution in [0.5, 0.6) is 0 Å². The first kappa shape index (κ1) is 48.9. The quantitative estimate of drug-likeness (QED) is 0.137. The average Bonchev–Trinajstić information content (AvgIpc) is 3.18. The summed E-state index contributed by atoms with van der Waals surface area (Å²) in [6.07, 6.45) is 7.00. The van der Waals surface area contributed by atoms with E-state index in [2.05, 4.69) is 9.97 Å². The Morgan fingerprint density at radius 2 is 0.673 bits per heavy atom. The Kier molecular flexibility index (Phi) is 24.5. The summed E-state index contributed by atoms with van der Waals surface area (Å²) in [5.41, 5.74) is 0.553. The SMILES string of the molecule is CCO.CCO.O=C([O-])c1c2ccccc2cc2ccccc12.O=C([O-])c1c2ccccc2cc2ccccc12.[Ni+2].[OH3+].[OH3+].c1ccncc1.c1ccncc1. The second-order valence-electron chi connectivity index (χ2n) is 10.6. The number of nitrogens with zero attached hydrogens (tertiary/aromatic N) is 2. The zero-order valence-corrected chi connectivity index (χ0v) is 31.5. The van der Waals surface area contributed by atoms with Gasteiger partial charge < -0.3 is 41.0 Å². The molecule has 0 aliphatic rings. The molecule has 2 heterocycles. The third-order valence-corrected chi connectivity index (χ3v) is 7.08. The maximum atomic E-state index is 11.3. The molecule has 11 heteroatoms. The molecule has 0 saturated heterocycles. The van der Waals surface area contributed by atoms with Crippen molar-refractivity contribution < 1.29 is 57.5 Å². The molecule has 0 atom stereocenters. The van der Waals surface area contributed by atoms with Crippen molar-refractivity contribution in [2.24, 2.45) is 0 Å².